The fourth-order valence-corrected chi connectivity index (χ4v) is 5.53. The number of carbonyl (C=O) groups is 2. The van der Waals surface area contributed by atoms with Gasteiger partial charge in [0.25, 0.3) is 0 Å². The van der Waals surface area contributed by atoms with Gasteiger partial charge in [0.05, 0.1) is 11.3 Å². The number of sulfonamides is 1. The van der Waals surface area contributed by atoms with Gasteiger partial charge < -0.3 is 10.0 Å². The summed E-state index contributed by atoms with van der Waals surface area (Å²) >= 11 is 4.39. The summed E-state index contributed by atoms with van der Waals surface area (Å²) in [5, 5.41) is 10.3. The molecule has 0 aromatic heterocycles. The van der Waals surface area contributed by atoms with E-state index in [-0.39, 0.29) is 36.1 Å². The molecule has 1 saturated heterocycles. The Hall–Kier alpha value is -2.10. The second-order valence-electron chi connectivity index (χ2n) is 6.89. The van der Waals surface area contributed by atoms with Crippen LogP contribution in [0.2, 0.25) is 0 Å². The summed E-state index contributed by atoms with van der Waals surface area (Å²) < 4.78 is 27.7. The van der Waals surface area contributed by atoms with Crippen LogP contribution in [0.4, 0.5) is 0 Å². The average molecular weight is 423 g/mol. The number of nitrogens with zero attached hydrogens (tertiary/aromatic N) is 2. The van der Waals surface area contributed by atoms with Crippen molar-refractivity contribution in [2.45, 2.75) is 29.0 Å². The van der Waals surface area contributed by atoms with Crippen LogP contribution in [0.5, 0.6) is 0 Å². The molecule has 0 spiro atoms. The molecule has 2 aromatic carbocycles. The maximum Gasteiger partial charge on any atom is 0.305 e. The minimum Gasteiger partial charge on any atom is -0.481 e. The summed E-state index contributed by atoms with van der Waals surface area (Å²) in [6.07, 6.45) is 0.0862. The lowest BCUT2D eigenvalue weighted by atomic mass is 10.1. The lowest BCUT2D eigenvalue weighted by Crippen LogP contribution is -2.46. The third-order valence-electron chi connectivity index (χ3n) is 4.88. The molecule has 1 amide bonds. The number of amides is 1. The molecule has 0 aliphatic carbocycles. The molecule has 7 nitrogen and oxygen atoms in total. The van der Waals surface area contributed by atoms with Crippen molar-refractivity contribution in [1.82, 2.24) is 9.21 Å². The summed E-state index contributed by atoms with van der Waals surface area (Å²) in [5.74, 6) is -1.43. The van der Waals surface area contributed by atoms with E-state index in [1.165, 1.54) is 16.3 Å². The highest BCUT2D eigenvalue weighted by Gasteiger charge is 2.43. The van der Waals surface area contributed by atoms with E-state index >= 15 is 0 Å². The van der Waals surface area contributed by atoms with Gasteiger partial charge in [-0.3, -0.25) is 9.59 Å². The lowest BCUT2D eigenvalue weighted by molar-refractivity contribution is -0.138. The summed E-state index contributed by atoms with van der Waals surface area (Å²) in [6.45, 7) is 0.146. The number of benzene rings is 2. The molecular formula is C19H22N2O5S2. The number of carboxylic acids is 1. The number of hydrogen-bond acceptors (Lipinski definition) is 5. The molecule has 28 heavy (non-hydrogen) atoms. The number of carboxylic acid groups (broad SMARTS) is 1. The molecular weight excluding hydrogens is 400 g/mol. The Kier molecular flexibility index (Phi) is 5.97. The molecule has 2 unspecified atom stereocenters. The fraction of sp³-hybridized carbons (Fsp3) is 0.368. The molecule has 1 N–H and O–H groups in total. The van der Waals surface area contributed by atoms with Crippen LogP contribution in [0, 0.1) is 0 Å². The van der Waals surface area contributed by atoms with Gasteiger partial charge >= 0.3 is 5.97 Å². The van der Waals surface area contributed by atoms with Gasteiger partial charge in [0, 0.05) is 25.4 Å². The molecule has 0 radical (unpaired) electrons. The maximum atomic E-state index is 13.3. The van der Waals surface area contributed by atoms with Gasteiger partial charge in [-0.15, -0.1) is 0 Å². The molecule has 3 rings (SSSR count). The van der Waals surface area contributed by atoms with Crippen molar-refractivity contribution in [2.24, 2.45) is 0 Å². The van der Waals surface area contributed by atoms with Crippen LogP contribution in [0.15, 0.2) is 47.4 Å². The predicted octanol–water partition coefficient (Wildman–Crippen LogP) is 1.83. The van der Waals surface area contributed by atoms with Crippen molar-refractivity contribution in [3.63, 3.8) is 0 Å². The second-order valence-corrected chi connectivity index (χ2v) is 9.51. The standard InChI is InChI=1S/C19H22N2O5S2/c1-20(9-8-18(22)23)19(24)17-11-15(27)12-21(17)28(25,26)16-7-6-13-4-2-3-5-14(13)10-16/h2-7,10,15,17,27H,8-9,11-12H2,1H3,(H,22,23). The number of hydrogen-bond donors (Lipinski definition) is 2. The zero-order valence-electron chi connectivity index (χ0n) is 15.4. The third kappa shape index (κ3) is 4.16. The Balaban J connectivity index is 1.89. The zero-order chi connectivity index (χ0) is 20.5. The van der Waals surface area contributed by atoms with Crippen molar-refractivity contribution < 1.29 is 23.1 Å². The molecule has 1 heterocycles. The SMILES string of the molecule is CN(CCC(=O)O)C(=O)C1CC(S)CN1S(=O)(=O)c1ccc2ccccc2c1. The number of carbonyl (C=O) groups excluding carboxylic acids is 1. The van der Waals surface area contributed by atoms with E-state index in [1.54, 1.807) is 18.2 Å². The first-order valence-corrected chi connectivity index (χ1v) is 10.8. The van der Waals surface area contributed by atoms with E-state index in [9.17, 15) is 18.0 Å². The van der Waals surface area contributed by atoms with E-state index in [0.717, 1.165) is 10.8 Å². The molecule has 1 aliphatic heterocycles. The van der Waals surface area contributed by atoms with Crippen LogP contribution in [0.1, 0.15) is 12.8 Å². The highest BCUT2D eigenvalue weighted by atomic mass is 32.2. The quantitative estimate of drug-likeness (QED) is 0.693. The van der Waals surface area contributed by atoms with Crippen LogP contribution in [0.3, 0.4) is 0 Å². The summed E-state index contributed by atoms with van der Waals surface area (Å²) in [6, 6.07) is 11.4. The largest absolute Gasteiger partial charge is 0.481 e. The van der Waals surface area contributed by atoms with Crippen molar-refractivity contribution in [1.29, 1.82) is 0 Å². The van der Waals surface area contributed by atoms with E-state index < -0.39 is 27.9 Å². The van der Waals surface area contributed by atoms with Gasteiger partial charge in [0.2, 0.25) is 15.9 Å². The van der Waals surface area contributed by atoms with E-state index in [0.29, 0.717) is 0 Å². The molecule has 1 aliphatic rings. The van der Waals surface area contributed by atoms with Crippen LogP contribution in [-0.2, 0) is 19.6 Å². The minimum atomic E-state index is -3.90. The Morgan fingerprint density at radius 2 is 1.89 bits per heavy atom. The van der Waals surface area contributed by atoms with Gasteiger partial charge in [0.1, 0.15) is 6.04 Å². The number of fused-ring (bicyclic) bond motifs is 1. The monoisotopic (exact) mass is 422 g/mol. The zero-order valence-corrected chi connectivity index (χ0v) is 17.1. The number of aliphatic carboxylic acids is 1. The Labute approximate surface area is 169 Å². The Morgan fingerprint density at radius 3 is 2.57 bits per heavy atom. The van der Waals surface area contributed by atoms with Crippen molar-refractivity contribution in [2.75, 3.05) is 20.1 Å². The molecule has 1 fully saturated rings. The van der Waals surface area contributed by atoms with Gasteiger partial charge in [0.15, 0.2) is 0 Å². The Bertz CT molecular complexity index is 1010. The van der Waals surface area contributed by atoms with E-state index in [2.05, 4.69) is 12.6 Å². The van der Waals surface area contributed by atoms with Gasteiger partial charge in [-0.2, -0.15) is 16.9 Å². The first-order chi connectivity index (χ1) is 13.2. The summed E-state index contributed by atoms with van der Waals surface area (Å²) in [5.41, 5.74) is 0. The first-order valence-electron chi connectivity index (χ1n) is 8.85. The fourth-order valence-electron chi connectivity index (χ4n) is 3.37. The summed E-state index contributed by atoms with van der Waals surface area (Å²) in [4.78, 5) is 25.0. The number of likely N-dealkylation sites (N-methyl/N-ethyl adjacent to an activating group) is 1. The normalized spacial score (nSPS) is 20.4. The lowest BCUT2D eigenvalue weighted by Gasteiger charge is -2.27. The van der Waals surface area contributed by atoms with E-state index in [1.807, 2.05) is 24.3 Å². The molecule has 150 valence electrons. The second kappa shape index (κ2) is 8.10. The number of thiol groups is 1. The Morgan fingerprint density at radius 1 is 1.21 bits per heavy atom. The molecule has 0 bridgehead atoms. The minimum absolute atomic E-state index is 0.0196. The van der Waals surface area contributed by atoms with Gasteiger partial charge in [-0.1, -0.05) is 30.3 Å². The highest BCUT2D eigenvalue weighted by Crippen LogP contribution is 2.31. The van der Waals surface area contributed by atoms with Crippen LogP contribution >= 0.6 is 12.6 Å². The average Bonchev–Trinajstić information content (AvgIpc) is 3.07. The van der Waals surface area contributed by atoms with Crippen LogP contribution in [0.25, 0.3) is 10.8 Å². The summed E-state index contributed by atoms with van der Waals surface area (Å²) in [7, 11) is -2.42. The molecule has 2 aromatic rings. The van der Waals surface area contributed by atoms with Gasteiger partial charge in [-0.05, 0) is 29.3 Å². The third-order valence-corrected chi connectivity index (χ3v) is 7.13. The van der Waals surface area contributed by atoms with Crippen LogP contribution < -0.4 is 0 Å². The topological polar surface area (TPSA) is 95.0 Å². The molecule has 9 heteroatoms. The van der Waals surface area contributed by atoms with Crippen LogP contribution in [-0.4, -0.2) is 66.0 Å². The van der Waals surface area contributed by atoms with Crippen molar-refractivity contribution in [3.8, 4) is 0 Å². The molecule has 2 atom stereocenters. The smallest absolute Gasteiger partial charge is 0.305 e. The van der Waals surface area contributed by atoms with Crippen molar-refractivity contribution >= 4 is 45.3 Å². The highest BCUT2D eigenvalue weighted by molar-refractivity contribution is 7.89. The maximum absolute atomic E-state index is 13.3. The predicted molar refractivity (Wildman–Crippen MR) is 109 cm³/mol. The van der Waals surface area contributed by atoms with Gasteiger partial charge in [-0.25, -0.2) is 8.42 Å². The molecule has 0 saturated carbocycles. The number of rotatable bonds is 6. The van der Waals surface area contributed by atoms with E-state index in [4.69, 9.17) is 5.11 Å². The van der Waals surface area contributed by atoms with Crippen molar-refractivity contribution in [3.05, 3.63) is 42.5 Å². The first kappa shape index (κ1) is 20.6.